The van der Waals surface area contributed by atoms with Crippen LogP contribution in [0.25, 0.3) is 0 Å². The van der Waals surface area contributed by atoms with Crippen LogP contribution >= 0.6 is 35.0 Å². The van der Waals surface area contributed by atoms with Crippen molar-refractivity contribution in [2.45, 2.75) is 25.3 Å². The van der Waals surface area contributed by atoms with E-state index in [1.165, 1.54) is 9.13 Å². The third kappa shape index (κ3) is 3.50. The first-order chi connectivity index (χ1) is 6.59. The number of hydrogen-bond acceptors (Lipinski definition) is 2. The zero-order chi connectivity index (χ0) is 10.2. The Morgan fingerprint density at radius 3 is 2.67 bits per heavy atom. The van der Waals surface area contributed by atoms with Crippen LogP contribution in [0.2, 0.25) is 0 Å². The van der Waals surface area contributed by atoms with Gasteiger partial charge in [0.15, 0.2) is 0 Å². The number of rotatable bonds is 3. The summed E-state index contributed by atoms with van der Waals surface area (Å²) < 4.78 is 6.91. The highest BCUT2D eigenvalue weighted by molar-refractivity contribution is 14.1. The van der Waals surface area contributed by atoms with Crippen LogP contribution in [0.15, 0.2) is 18.2 Å². The van der Waals surface area contributed by atoms with Crippen molar-refractivity contribution in [3.63, 3.8) is 0 Å². The first kappa shape index (κ1) is 13.1. The second-order valence-corrected chi connectivity index (χ2v) is 5.22. The van der Waals surface area contributed by atoms with Gasteiger partial charge >= 0.3 is 0 Å². The van der Waals surface area contributed by atoms with Gasteiger partial charge in [-0.25, -0.2) is 0 Å². The maximum atomic E-state index is 5.94. The molecule has 0 amide bonds. The van der Waals surface area contributed by atoms with E-state index >= 15 is 0 Å². The van der Waals surface area contributed by atoms with Gasteiger partial charge in [0, 0.05) is 3.57 Å². The summed E-state index contributed by atoms with van der Waals surface area (Å²) in [6.07, 6.45) is 2.19. The number of halogens is 2. The number of ether oxygens (including phenoxy) is 1. The fourth-order valence-corrected chi connectivity index (χ4v) is 1.57. The molecule has 15 heavy (non-hydrogen) atoms. The molecule has 0 radical (unpaired) electrons. The van der Waals surface area contributed by atoms with Crippen LogP contribution in [0, 0.1) is 10.5 Å². The molecule has 2 rings (SSSR count). The Bertz CT molecular complexity index is 352. The van der Waals surface area contributed by atoms with E-state index in [2.05, 4.69) is 41.6 Å². The largest absolute Gasteiger partial charge is 0.492 e. The monoisotopic (exact) mass is 339 g/mol. The van der Waals surface area contributed by atoms with Gasteiger partial charge in [0.1, 0.15) is 12.4 Å². The van der Waals surface area contributed by atoms with Crippen LogP contribution in [0.4, 0.5) is 0 Å². The number of aryl methyl sites for hydroxylation is 1. The van der Waals surface area contributed by atoms with Crippen LogP contribution in [-0.2, 0) is 0 Å². The summed E-state index contributed by atoms with van der Waals surface area (Å²) in [5.41, 5.74) is 7.16. The van der Waals surface area contributed by atoms with Crippen LogP contribution in [0.3, 0.4) is 0 Å². The van der Waals surface area contributed by atoms with Gasteiger partial charge in [-0.1, -0.05) is 0 Å². The third-order valence-electron chi connectivity index (χ3n) is 2.55. The Balaban J connectivity index is 0.00000112. The molecular weight excluding hydrogens is 324 g/mol. The molecule has 4 heteroatoms. The van der Waals surface area contributed by atoms with E-state index in [4.69, 9.17) is 10.5 Å². The summed E-state index contributed by atoms with van der Waals surface area (Å²) >= 11 is 2.32. The summed E-state index contributed by atoms with van der Waals surface area (Å²) in [5, 5.41) is 0. The van der Waals surface area contributed by atoms with E-state index in [-0.39, 0.29) is 17.9 Å². The van der Waals surface area contributed by atoms with Crippen LogP contribution in [0.1, 0.15) is 18.4 Å². The second kappa shape index (κ2) is 4.89. The van der Waals surface area contributed by atoms with Crippen molar-refractivity contribution in [2.75, 3.05) is 6.61 Å². The maximum Gasteiger partial charge on any atom is 0.119 e. The zero-order valence-electron chi connectivity index (χ0n) is 8.63. The molecule has 0 heterocycles. The predicted molar refractivity (Wildman–Crippen MR) is 72.8 cm³/mol. The quantitative estimate of drug-likeness (QED) is 0.860. The molecule has 2 N–H and O–H groups in total. The topological polar surface area (TPSA) is 35.2 Å². The number of hydrogen-bond donors (Lipinski definition) is 1. The lowest BCUT2D eigenvalue weighted by Gasteiger charge is -2.11. The highest BCUT2D eigenvalue weighted by Crippen LogP contribution is 2.32. The van der Waals surface area contributed by atoms with Crippen molar-refractivity contribution < 1.29 is 4.74 Å². The standard InChI is InChI=1S/C11H14INO.ClH/c1-8-6-9(2-3-10(8)12)14-7-11(13)4-5-11;/h2-3,6H,4-5,7,13H2,1H3;1H. The molecule has 84 valence electrons. The number of nitrogens with two attached hydrogens (primary N) is 1. The molecule has 1 saturated carbocycles. The Morgan fingerprint density at radius 1 is 1.47 bits per heavy atom. The van der Waals surface area contributed by atoms with Gasteiger partial charge in [-0.3, -0.25) is 0 Å². The molecule has 1 aromatic rings. The van der Waals surface area contributed by atoms with Crippen molar-refractivity contribution in [3.05, 3.63) is 27.3 Å². The van der Waals surface area contributed by atoms with Gasteiger partial charge in [0.05, 0.1) is 5.54 Å². The van der Waals surface area contributed by atoms with Gasteiger partial charge in [-0.2, -0.15) is 0 Å². The fourth-order valence-electron chi connectivity index (χ4n) is 1.24. The minimum absolute atomic E-state index is 0. The Hall–Kier alpha value is -0.0000000000000000555. The molecular formula is C11H15ClINO. The predicted octanol–water partition coefficient (Wildman–Crippen LogP) is 2.89. The van der Waals surface area contributed by atoms with Crippen molar-refractivity contribution >= 4 is 35.0 Å². The molecule has 1 fully saturated rings. The fraction of sp³-hybridized carbons (Fsp3) is 0.455. The molecule has 0 aromatic heterocycles. The lowest BCUT2D eigenvalue weighted by Crippen LogP contribution is -2.29. The molecule has 2 nitrogen and oxygen atoms in total. The minimum Gasteiger partial charge on any atom is -0.492 e. The van der Waals surface area contributed by atoms with E-state index in [0.29, 0.717) is 6.61 Å². The molecule has 0 spiro atoms. The van der Waals surface area contributed by atoms with Crippen LogP contribution in [-0.4, -0.2) is 12.1 Å². The first-order valence-corrected chi connectivity index (χ1v) is 5.85. The zero-order valence-corrected chi connectivity index (χ0v) is 11.6. The Kier molecular flexibility index (Phi) is 4.26. The van der Waals surface area contributed by atoms with Gasteiger partial charge in [0.2, 0.25) is 0 Å². The second-order valence-electron chi connectivity index (χ2n) is 4.06. The van der Waals surface area contributed by atoms with E-state index < -0.39 is 0 Å². The van der Waals surface area contributed by atoms with Gasteiger partial charge < -0.3 is 10.5 Å². The summed E-state index contributed by atoms with van der Waals surface area (Å²) in [6, 6.07) is 6.13. The van der Waals surface area contributed by atoms with Crippen molar-refractivity contribution in [3.8, 4) is 5.75 Å². The van der Waals surface area contributed by atoms with Crippen LogP contribution in [0.5, 0.6) is 5.75 Å². The average molecular weight is 340 g/mol. The molecule has 0 atom stereocenters. The van der Waals surface area contributed by atoms with Gasteiger partial charge in [-0.05, 0) is 66.1 Å². The molecule has 0 aliphatic heterocycles. The van der Waals surface area contributed by atoms with E-state index in [0.717, 1.165) is 18.6 Å². The van der Waals surface area contributed by atoms with Crippen LogP contribution < -0.4 is 10.5 Å². The summed E-state index contributed by atoms with van der Waals surface area (Å²) in [5.74, 6) is 0.930. The lowest BCUT2D eigenvalue weighted by molar-refractivity contribution is 0.279. The molecule has 0 unspecified atom stereocenters. The first-order valence-electron chi connectivity index (χ1n) is 4.77. The van der Waals surface area contributed by atoms with Gasteiger partial charge in [-0.15, -0.1) is 12.4 Å². The summed E-state index contributed by atoms with van der Waals surface area (Å²) in [6.45, 7) is 2.73. The van der Waals surface area contributed by atoms with Crippen molar-refractivity contribution in [1.82, 2.24) is 0 Å². The molecule has 0 bridgehead atoms. The third-order valence-corrected chi connectivity index (χ3v) is 3.76. The highest BCUT2D eigenvalue weighted by atomic mass is 127. The maximum absolute atomic E-state index is 5.94. The van der Waals surface area contributed by atoms with E-state index in [1.807, 2.05) is 6.07 Å². The van der Waals surface area contributed by atoms with E-state index in [1.54, 1.807) is 0 Å². The highest BCUT2D eigenvalue weighted by Gasteiger charge is 2.39. The normalized spacial score (nSPS) is 16.7. The van der Waals surface area contributed by atoms with Crippen molar-refractivity contribution in [1.29, 1.82) is 0 Å². The van der Waals surface area contributed by atoms with Crippen molar-refractivity contribution in [2.24, 2.45) is 5.73 Å². The number of benzene rings is 1. The Labute approximate surface area is 110 Å². The smallest absolute Gasteiger partial charge is 0.119 e. The molecule has 1 aliphatic rings. The molecule has 1 aliphatic carbocycles. The lowest BCUT2D eigenvalue weighted by atomic mass is 10.2. The SMILES string of the molecule is Cc1cc(OCC2(N)CC2)ccc1I.Cl. The average Bonchev–Trinajstić information content (AvgIpc) is 2.87. The van der Waals surface area contributed by atoms with E-state index in [9.17, 15) is 0 Å². The molecule has 0 saturated heterocycles. The Morgan fingerprint density at radius 2 is 2.13 bits per heavy atom. The summed E-state index contributed by atoms with van der Waals surface area (Å²) in [7, 11) is 0. The minimum atomic E-state index is -0.0309. The van der Waals surface area contributed by atoms with Gasteiger partial charge in [0.25, 0.3) is 0 Å². The summed E-state index contributed by atoms with van der Waals surface area (Å²) in [4.78, 5) is 0. The molecule has 1 aromatic carbocycles.